The Balaban J connectivity index is 0.000000836. The van der Waals surface area contributed by atoms with Crippen molar-refractivity contribution in [3.8, 4) is 0 Å². The van der Waals surface area contributed by atoms with Gasteiger partial charge in [-0.05, 0) is 85.0 Å². The smallest absolute Gasteiger partial charge is 1.00 e. The third-order valence-electron chi connectivity index (χ3n) is 10.3. The number of benzene rings is 2. The van der Waals surface area contributed by atoms with Crippen LogP contribution in [-0.2, 0) is 59.6 Å². The van der Waals surface area contributed by atoms with Crippen molar-refractivity contribution >= 4 is 84.9 Å². The molecule has 2 aliphatic carbocycles. The summed E-state index contributed by atoms with van der Waals surface area (Å²) in [6.45, 7) is -0.0412. The van der Waals surface area contributed by atoms with Crippen molar-refractivity contribution in [1.82, 2.24) is 0 Å². The van der Waals surface area contributed by atoms with Crippen LogP contribution in [0.1, 0.15) is 111 Å². The van der Waals surface area contributed by atoms with Gasteiger partial charge >= 0.3 is 52.0 Å². The summed E-state index contributed by atoms with van der Waals surface area (Å²) >= 11 is -1.34. The fourth-order valence-electron chi connectivity index (χ4n) is 6.95. The first kappa shape index (κ1) is 65.2. The molecule has 0 amide bonds. The third kappa shape index (κ3) is 28.2. The molecule has 24 heteroatoms. The predicted octanol–water partition coefficient (Wildman–Crippen LogP) is 0.958. The second-order valence-corrected chi connectivity index (χ2v) is 21.3. The minimum atomic E-state index is -3.93. The Labute approximate surface area is 435 Å². The molecule has 6 rings (SSSR count). The van der Waals surface area contributed by atoms with Crippen LogP contribution in [0.4, 0.5) is 17.6 Å². The number of alkyl halides is 4. The molecule has 0 spiro atoms. The quantitative estimate of drug-likeness (QED) is 0.0303. The van der Waals surface area contributed by atoms with Gasteiger partial charge in [0.15, 0.2) is 11.5 Å². The average molecular weight is 1080 g/mol. The second-order valence-electron chi connectivity index (χ2n) is 15.0. The molecule has 2 heterocycles. The van der Waals surface area contributed by atoms with Crippen LogP contribution in [0.25, 0.3) is 0 Å². The third-order valence-corrected chi connectivity index (χ3v) is 16.1. The average Bonchev–Trinajstić information content (AvgIpc) is 4.06. The molecule has 2 saturated heterocycles. The van der Waals surface area contributed by atoms with Gasteiger partial charge in [0.1, 0.15) is 47.1 Å². The van der Waals surface area contributed by atoms with Gasteiger partial charge in [-0.15, -0.1) is 0 Å². The zero-order chi connectivity index (χ0) is 47.1. The van der Waals surface area contributed by atoms with E-state index in [2.05, 4.69) is 43.7 Å². The van der Waals surface area contributed by atoms with Crippen molar-refractivity contribution in [2.45, 2.75) is 100 Å². The van der Waals surface area contributed by atoms with Crippen molar-refractivity contribution < 1.29 is 122 Å². The van der Waals surface area contributed by atoms with Gasteiger partial charge in [-0.3, -0.25) is 19.7 Å². The van der Waals surface area contributed by atoms with Crippen molar-refractivity contribution in [3.63, 3.8) is 0 Å². The number of carbonyl (C=O) groups excluding carboxylic acids is 4. The second kappa shape index (κ2) is 38.9. The first-order chi connectivity index (χ1) is 30.8. The summed E-state index contributed by atoms with van der Waals surface area (Å²) in [6.07, 6.45) is 15.2. The summed E-state index contributed by atoms with van der Waals surface area (Å²) in [5.41, 5.74) is 1.76. The number of carbonyl (C=O) groups is 4. The molecule has 2 aliphatic heterocycles. The van der Waals surface area contributed by atoms with Crippen molar-refractivity contribution in [1.29, 1.82) is 0 Å². The maximum absolute atomic E-state index is 12.9. The molecule has 4 radical (unpaired) electrons. The first-order valence-corrected chi connectivity index (χ1v) is 26.0. The van der Waals surface area contributed by atoms with E-state index in [1.807, 2.05) is 60.7 Å². The zero-order valence-electron chi connectivity index (χ0n) is 37.1. The molecule has 0 unspecified atom stereocenters. The summed E-state index contributed by atoms with van der Waals surface area (Å²) in [4.78, 5) is 45.6. The number of halogens is 5. The Morgan fingerprint density at radius 3 is 1.15 bits per heavy atom. The topological polar surface area (TPSA) is 170 Å². The zero-order valence-corrected chi connectivity index (χ0v) is 43.9. The minimum absolute atomic E-state index is 0. The molecule has 362 valence electrons. The molecule has 0 bridgehead atoms. The van der Waals surface area contributed by atoms with E-state index in [-0.39, 0.29) is 71.6 Å². The molecule has 0 aromatic heterocycles. The minimum Gasteiger partial charge on any atom is -1.00 e. The van der Waals surface area contributed by atoms with Crippen molar-refractivity contribution in [2.75, 3.05) is 47.7 Å². The first-order valence-electron chi connectivity index (χ1n) is 21.0. The van der Waals surface area contributed by atoms with Crippen LogP contribution >= 0.6 is 24.1 Å². The fourth-order valence-corrected chi connectivity index (χ4v) is 11.9. The van der Waals surface area contributed by atoms with Gasteiger partial charge in [-0.1, -0.05) is 99.2 Å². The number of hydrogen-bond acceptors (Lipinski definition) is 14. The van der Waals surface area contributed by atoms with Gasteiger partial charge in [0.05, 0.1) is 13.2 Å². The van der Waals surface area contributed by atoms with Crippen LogP contribution < -0.4 is 57.1 Å². The number of esters is 2. The van der Waals surface area contributed by atoms with Crippen molar-refractivity contribution in [2.24, 2.45) is 11.8 Å². The Hall–Kier alpha value is -0.790. The molecule has 0 N–H and O–H groups in total. The van der Waals surface area contributed by atoms with E-state index < -0.39 is 46.5 Å². The van der Waals surface area contributed by atoms with E-state index in [0.29, 0.717) is 33.4 Å². The SMILES string of the molecule is O=C(C[S+]1CCCC1)c1ccccc1.O=C(C[S+]1CCCC1)c1ccccc1.O=C(OCC1CCCCC1)C(F)(F)SOO[O-].O=C(OCC1CCCCC1)C(F)(F)SOO[O-].[B][B].[Br-].[Na+]. The van der Waals surface area contributed by atoms with Crippen LogP contribution in [0.15, 0.2) is 60.7 Å². The molecule has 4 fully saturated rings. The summed E-state index contributed by atoms with van der Waals surface area (Å²) in [6, 6.07) is 19.3. The van der Waals surface area contributed by atoms with Crippen molar-refractivity contribution in [3.05, 3.63) is 71.8 Å². The number of hydrogen-bond donors (Lipinski definition) is 0. The molecule has 12 nitrogen and oxygen atoms in total. The van der Waals surface area contributed by atoms with E-state index in [1.165, 1.54) is 48.7 Å². The summed E-state index contributed by atoms with van der Waals surface area (Å²) in [5, 5.41) is 16.4. The van der Waals surface area contributed by atoms with E-state index >= 15 is 0 Å². The Morgan fingerprint density at radius 1 is 0.561 bits per heavy atom. The fraction of sp³-hybridized carbons (Fsp3) is 0.619. The van der Waals surface area contributed by atoms with E-state index in [1.54, 1.807) is 0 Å². The van der Waals surface area contributed by atoms with Crippen LogP contribution in [-0.4, -0.2) is 97.2 Å². The molecular weight excluding hydrogens is 1030 g/mol. The van der Waals surface area contributed by atoms with E-state index in [0.717, 1.165) is 86.8 Å². The summed E-state index contributed by atoms with van der Waals surface area (Å²) in [7, 11) is 8.79. The number of rotatable bonds is 18. The molecule has 2 aromatic carbocycles. The van der Waals surface area contributed by atoms with Gasteiger partial charge in [0, 0.05) is 26.6 Å². The number of ether oxygens (including phenoxy) is 2. The molecular formula is C42H56B2BrF4NaO12S4. The molecule has 2 aromatic rings. The normalized spacial score (nSPS) is 16.6. The Morgan fingerprint density at radius 2 is 0.864 bits per heavy atom. The molecule has 2 saturated carbocycles. The maximum atomic E-state index is 12.9. The van der Waals surface area contributed by atoms with Gasteiger partial charge < -0.3 is 37.0 Å². The van der Waals surface area contributed by atoms with Crippen LogP contribution in [0.2, 0.25) is 0 Å². The van der Waals surface area contributed by atoms with Gasteiger partial charge in [0.2, 0.25) is 11.6 Å². The van der Waals surface area contributed by atoms with Gasteiger partial charge in [0.25, 0.3) is 0 Å². The molecule has 66 heavy (non-hydrogen) atoms. The number of Topliss-reactive ketones (excluding diaryl/α,β-unsaturated/α-hetero) is 2. The van der Waals surface area contributed by atoms with Crippen LogP contribution in [0.5, 0.6) is 0 Å². The maximum Gasteiger partial charge on any atom is 1.00 e. The van der Waals surface area contributed by atoms with Gasteiger partial charge in [-0.2, -0.15) is 26.2 Å². The summed E-state index contributed by atoms with van der Waals surface area (Å²) < 4.78 is 67.4. The van der Waals surface area contributed by atoms with Crippen LogP contribution in [0, 0.1) is 11.8 Å². The monoisotopic (exact) mass is 1080 g/mol. The summed E-state index contributed by atoms with van der Waals surface area (Å²) in [5.74, 6) is 4.18. The number of ketones is 2. The Bertz CT molecular complexity index is 1470. The predicted molar refractivity (Wildman–Crippen MR) is 240 cm³/mol. The molecule has 0 atom stereocenters. The van der Waals surface area contributed by atoms with E-state index in [4.69, 9.17) is 0 Å². The molecule has 4 aliphatic rings. The van der Waals surface area contributed by atoms with E-state index in [9.17, 15) is 47.3 Å². The Kier molecular flexibility index (Phi) is 38.4. The largest absolute Gasteiger partial charge is 1.00 e. The van der Waals surface area contributed by atoms with Gasteiger partial charge in [-0.25, -0.2) is 9.59 Å². The van der Waals surface area contributed by atoms with Crippen LogP contribution in [0.3, 0.4) is 0 Å². The standard InChI is InChI=1S/2C12H15OS.2C9H14F2O5S.B2.BrH.Na/c2*13-12(10-14-8-4-5-9-14)11-6-2-1-3-7-11;2*10-9(11,17-16-15-13)8(12)14-6-7-4-2-1-3-5-7;1-2;;/h2*1-3,6-7H,4-5,8-10H2;2*7,13H,1-6H2;;1H;/q2*+1;;;;;+1/p-3.